The number of amides is 2. The fourth-order valence-corrected chi connectivity index (χ4v) is 3.88. The first-order valence-electron chi connectivity index (χ1n) is 10.3. The lowest BCUT2D eigenvalue weighted by Gasteiger charge is -2.36. The molecule has 13 heteroatoms. The Labute approximate surface area is 189 Å². The number of piperidine rings is 1. The minimum Gasteiger partial charge on any atom is -0.341 e. The number of halogens is 6. The molecule has 1 aromatic carbocycles. The van der Waals surface area contributed by atoms with E-state index in [9.17, 15) is 31.1 Å². The van der Waals surface area contributed by atoms with Crippen LogP contribution in [0, 0.1) is 0 Å². The van der Waals surface area contributed by atoms with Gasteiger partial charge in [-0.2, -0.15) is 26.3 Å². The largest absolute Gasteiger partial charge is 0.433 e. The number of pyridine rings is 1. The molecule has 0 radical (unpaired) electrons. The van der Waals surface area contributed by atoms with Crippen molar-refractivity contribution in [2.24, 2.45) is 0 Å². The number of hydrogen-bond donors (Lipinski definition) is 3. The summed E-state index contributed by atoms with van der Waals surface area (Å²) >= 11 is 0. The van der Waals surface area contributed by atoms with E-state index >= 15 is 0 Å². The van der Waals surface area contributed by atoms with Crippen LogP contribution >= 0.6 is 0 Å². The number of nitrogens with one attached hydrogen (secondary N) is 3. The van der Waals surface area contributed by atoms with Crippen LogP contribution in [-0.4, -0.2) is 45.5 Å². The minimum absolute atomic E-state index is 0.104. The van der Waals surface area contributed by atoms with E-state index in [1.807, 2.05) is 11.9 Å². The van der Waals surface area contributed by atoms with Gasteiger partial charge in [-0.3, -0.25) is 4.90 Å². The second-order valence-electron chi connectivity index (χ2n) is 8.10. The predicted molar refractivity (Wildman–Crippen MR) is 111 cm³/mol. The number of alkyl halides is 6. The zero-order chi connectivity index (χ0) is 24.7. The highest BCUT2D eigenvalue weighted by atomic mass is 19.4. The van der Waals surface area contributed by atoms with Crippen LogP contribution in [0.25, 0.3) is 11.0 Å². The maximum Gasteiger partial charge on any atom is 0.433 e. The molecule has 0 saturated carbocycles. The Kier molecular flexibility index (Phi) is 6.14. The summed E-state index contributed by atoms with van der Waals surface area (Å²) in [5.74, 6) is 0.482. The lowest BCUT2D eigenvalue weighted by atomic mass is 9.97. The van der Waals surface area contributed by atoms with Gasteiger partial charge in [-0.05, 0) is 50.2 Å². The summed E-state index contributed by atoms with van der Waals surface area (Å²) in [6.07, 6.45) is -7.09. The molecular formula is C21H20F6N6O. The normalized spacial score (nSPS) is 19.9. The van der Waals surface area contributed by atoms with E-state index in [4.69, 9.17) is 0 Å². The van der Waals surface area contributed by atoms with Gasteiger partial charge in [-0.25, -0.2) is 14.8 Å². The molecule has 0 aliphatic carbocycles. The molecule has 2 aromatic heterocycles. The number of hydrogen-bond acceptors (Lipinski definition) is 4. The topological polar surface area (TPSA) is 85.9 Å². The fraction of sp³-hybridized carbons (Fsp3) is 0.381. The maximum absolute atomic E-state index is 13.0. The standard InChI is InChI=1S/C21H20F6N6O/c1-33-7-6-12(29-19(34)30-13-3-5-17(28-10-13)21(25,26)27)9-16(33)18-31-14-4-2-11(20(22,23)24)8-15(14)32-18/h2-5,8,10,12,16H,6-7,9H2,1H3,(H,31,32)(H2,29,30,34)/t12-,16-/m1/s1. The van der Waals surface area contributed by atoms with Gasteiger partial charge < -0.3 is 15.6 Å². The molecule has 0 unspecified atom stereocenters. The number of fused-ring (bicyclic) bond motifs is 1. The molecule has 1 aliphatic rings. The number of carbonyl (C=O) groups excluding carboxylic acids is 1. The lowest BCUT2D eigenvalue weighted by Crippen LogP contribution is -2.46. The molecule has 1 saturated heterocycles. The Hall–Kier alpha value is -3.35. The van der Waals surface area contributed by atoms with Crippen molar-refractivity contribution < 1.29 is 31.1 Å². The number of aromatic amines is 1. The van der Waals surface area contributed by atoms with E-state index in [2.05, 4.69) is 25.6 Å². The van der Waals surface area contributed by atoms with E-state index < -0.39 is 29.6 Å². The molecule has 3 heterocycles. The van der Waals surface area contributed by atoms with Gasteiger partial charge in [0.15, 0.2) is 0 Å². The zero-order valence-corrected chi connectivity index (χ0v) is 17.8. The quantitative estimate of drug-likeness (QED) is 0.458. The second kappa shape index (κ2) is 8.78. The van der Waals surface area contributed by atoms with Crippen LogP contribution in [0.5, 0.6) is 0 Å². The van der Waals surface area contributed by atoms with Crippen LogP contribution in [0.3, 0.4) is 0 Å². The Balaban J connectivity index is 1.42. The number of nitrogens with zero attached hydrogens (tertiary/aromatic N) is 3. The molecule has 7 nitrogen and oxygen atoms in total. The molecule has 2 amide bonds. The van der Waals surface area contributed by atoms with Gasteiger partial charge in [-0.15, -0.1) is 0 Å². The van der Waals surface area contributed by atoms with Gasteiger partial charge in [0.05, 0.1) is 34.5 Å². The van der Waals surface area contributed by atoms with E-state index in [1.54, 1.807) is 0 Å². The smallest absolute Gasteiger partial charge is 0.341 e. The monoisotopic (exact) mass is 486 g/mol. The van der Waals surface area contributed by atoms with E-state index in [0.717, 1.165) is 30.5 Å². The molecule has 2 atom stereocenters. The highest BCUT2D eigenvalue weighted by Gasteiger charge is 2.34. The van der Waals surface area contributed by atoms with Crippen molar-refractivity contribution in [2.75, 3.05) is 18.9 Å². The number of urea groups is 1. The zero-order valence-electron chi connectivity index (χ0n) is 17.8. The van der Waals surface area contributed by atoms with Gasteiger partial charge in [0, 0.05) is 12.6 Å². The number of imidazole rings is 1. The molecular weight excluding hydrogens is 466 g/mol. The Morgan fingerprint density at radius 2 is 1.88 bits per heavy atom. The molecule has 1 aliphatic heterocycles. The number of likely N-dealkylation sites (tertiary alicyclic amines) is 1. The molecule has 1 fully saturated rings. The average molecular weight is 486 g/mol. The fourth-order valence-electron chi connectivity index (χ4n) is 3.88. The summed E-state index contributed by atoms with van der Waals surface area (Å²) in [7, 11) is 1.85. The SMILES string of the molecule is CN1CC[C@@H](NC(=O)Nc2ccc(C(F)(F)F)nc2)C[C@@H]1c1nc2cc(C(F)(F)F)ccc2[nH]1. The van der Waals surface area contributed by atoms with E-state index in [1.165, 1.54) is 6.07 Å². The summed E-state index contributed by atoms with van der Waals surface area (Å²) < 4.78 is 76.8. The molecule has 34 heavy (non-hydrogen) atoms. The number of benzene rings is 1. The minimum atomic E-state index is -4.57. The highest BCUT2D eigenvalue weighted by Crippen LogP contribution is 2.33. The third kappa shape index (κ3) is 5.24. The summed E-state index contributed by atoms with van der Waals surface area (Å²) in [5, 5.41) is 5.23. The van der Waals surface area contributed by atoms with E-state index in [0.29, 0.717) is 30.7 Å². The van der Waals surface area contributed by atoms with Crippen LogP contribution in [0.1, 0.15) is 36.0 Å². The van der Waals surface area contributed by atoms with Crippen LogP contribution in [-0.2, 0) is 12.4 Å². The van der Waals surface area contributed by atoms with Crippen LogP contribution in [0.15, 0.2) is 36.5 Å². The third-order valence-electron chi connectivity index (χ3n) is 5.66. The summed E-state index contributed by atoms with van der Waals surface area (Å²) in [6, 6.07) is 4.01. The Morgan fingerprint density at radius 3 is 2.53 bits per heavy atom. The van der Waals surface area contributed by atoms with Crippen molar-refractivity contribution in [3.63, 3.8) is 0 Å². The molecule has 0 bridgehead atoms. The molecule has 3 aromatic rings. The predicted octanol–water partition coefficient (Wildman–Crippen LogP) is 4.95. The van der Waals surface area contributed by atoms with Crippen molar-refractivity contribution >= 4 is 22.8 Å². The van der Waals surface area contributed by atoms with Gasteiger partial charge in [-0.1, -0.05) is 0 Å². The lowest BCUT2D eigenvalue weighted by molar-refractivity contribution is -0.141. The molecule has 3 N–H and O–H groups in total. The molecule has 182 valence electrons. The van der Waals surface area contributed by atoms with Crippen molar-refractivity contribution in [3.8, 4) is 0 Å². The van der Waals surface area contributed by atoms with Crippen molar-refractivity contribution in [3.05, 3.63) is 53.6 Å². The molecule has 4 rings (SSSR count). The maximum atomic E-state index is 13.0. The first kappa shape index (κ1) is 23.8. The number of aromatic nitrogens is 3. The van der Waals surface area contributed by atoms with Gasteiger partial charge in [0.25, 0.3) is 0 Å². The highest BCUT2D eigenvalue weighted by molar-refractivity contribution is 5.89. The van der Waals surface area contributed by atoms with Crippen molar-refractivity contribution in [1.29, 1.82) is 0 Å². The number of H-pyrrole nitrogens is 1. The van der Waals surface area contributed by atoms with Crippen molar-refractivity contribution in [2.45, 2.75) is 37.3 Å². The number of rotatable bonds is 3. The van der Waals surface area contributed by atoms with Crippen LogP contribution < -0.4 is 10.6 Å². The number of carbonyl (C=O) groups is 1. The first-order valence-corrected chi connectivity index (χ1v) is 10.3. The van der Waals surface area contributed by atoms with Crippen molar-refractivity contribution in [1.82, 2.24) is 25.2 Å². The molecule has 0 spiro atoms. The second-order valence-corrected chi connectivity index (χ2v) is 8.10. The third-order valence-corrected chi connectivity index (χ3v) is 5.66. The summed E-state index contributed by atoms with van der Waals surface area (Å²) in [4.78, 5) is 25.0. The summed E-state index contributed by atoms with van der Waals surface area (Å²) in [5.41, 5.74) is -1.08. The Bertz CT molecular complexity index is 1170. The van der Waals surface area contributed by atoms with E-state index in [-0.39, 0.29) is 23.3 Å². The van der Waals surface area contributed by atoms with Crippen LogP contribution in [0.2, 0.25) is 0 Å². The first-order chi connectivity index (χ1) is 15.9. The van der Waals surface area contributed by atoms with Crippen LogP contribution in [0.4, 0.5) is 36.8 Å². The summed E-state index contributed by atoms with van der Waals surface area (Å²) in [6.45, 7) is 0.586. The van der Waals surface area contributed by atoms with Gasteiger partial charge in [0.2, 0.25) is 0 Å². The Morgan fingerprint density at radius 1 is 1.12 bits per heavy atom. The number of anilines is 1. The van der Waals surface area contributed by atoms with Gasteiger partial charge >= 0.3 is 18.4 Å². The van der Waals surface area contributed by atoms with Gasteiger partial charge in [0.1, 0.15) is 11.5 Å². The average Bonchev–Trinajstić information content (AvgIpc) is 3.17.